The summed E-state index contributed by atoms with van der Waals surface area (Å²) in [6, 6.07) is 13.9. The minimum absolute atomic E-state index is 0.0238. The highest BCUT2D eigenvalue weighted by molar-refractivity contribution is 8.00. The number of hydrogen-bond donors (Lipinski definition) is 0. The summed E-state index contributed by atoms with van der Waals surface area (Å²) in [6.07, 6.45) is 0. The van der Waals surface area contributed by atoms with Crippen molar-refractivity contribution >= 4 is 34.9 Å². The Labute approximate surface area is 160 Å². The third-order valence-corrected chi connectivity index (χ3v) is 5.83. The second-order valence-corrected chi connectivity index (χ2v) is 7.79. The van der Waals surface area contributed by atoms with E-state index >= 15 is 0 Å². The number of thioether (sulfide) groups is 1. The second-order valence-electron chi connectivity index (χ2n) is 5.71. The molecule has 26 heavy (non-hydrogen) atoms. The highest BCUT2D eigenvalue weighted by Crippen LogP contribution is 2.26. The van der Waals surface area contributed by atoms with Crippen LogP contribution >= 0.6 is 23.1 Å². The number of thiazole rings is 1. The van der Waals surface area contributed by atoms with Gasteiger partial charge in [0.1, 0.15) is 10.1 Å². The first-order valence-corrected chi connectivity index (χ1v) is 9.85. The molecule has 0 saturated carbocycles. The number of carbonyl (C=O) groups excluding carboxylic acids is 2. The minimum atomic E-state index is -0.421. The van der Waals surface area contributed by atoms with E-state index in [0.717, 1.165) is 21.3 Å². The molecular weight excluding hydrogens is 366 g/mol. The van der Waals surface area contributed by atoms with Gasteiger partial charge in [0.05, 0.1) is 5.56 Å². The monoisotopic (exact) mass is 383 g/mol. The third kappa shape index (κ3) is 4.80. The molecule has 6 heteroatoms. The fourth-order valence-electron chi connectivity index (χ4n) is 2.20. The van der Waals surface area contributed by atoms with Gasteiger partial charge in [-0.15, -0.1) is 11.3 Å². The van der Waals surface area contributed by atoms with E-state index in [9.17, 15) is 9.59 Å². The molecule has 0 bridgehead atoms. The van der Waals surface area contributed by atoms with Gasteiger partial charge in [0.25, 0.3) is 0 Å². The summed E-state index contributed by atoms with van der Waals surface area (Å²) in [7, 11) is 0. The number of benzene rings is 2. The average Bonchev–Trinajstić information content (AvgIpc) is 3.06. The molecule has 2 aromatic carbocycles. The molecule has 0 atom stereocenters. The lowest BCUT2D eigenvalue weighted by atomic mass is 10.1. The molecule has 1 heterocycles. The van der Waals surface area contributed by atoms with E-state index in [4.69, 9.17) is 4.74 Å². The van der Waals surface area contributed by atoms with Gasteiger partial charge < -0.3 is 4.74 Å². The van der Waals surface area contributed by atoms with Gasteiger partial charge in [-0.1, -0.05) is 23.9 Å². The van der Waals surface area contributed by atoms with Gasteiger partial charge in [0, 0.05) is 22.4 Å². The van der Waals surface area contributed by atoms with Crippen LogP contribution in [0.5, 0.6) is 5.75 Å². The SMILES string of the molecule is CC(=O)c1ccc(OC(=O)c2ccc(CSc3nc(C)cs3)cc2)cc1. The fraction of sp³-hybridized carbons (Fsp3) is 0.150. The van der Waals surface area contributed by atoms with Crippen LogP contribution in [0.1, 0.15) is 38.9 Å². The maximum atomic E-state index is 12.2. The smallest absolute Gasteiger partial charge is 0.343 e. The Hall–Kier alpha value is -2.44. The second kappa shape index (κ2) is 8.29. The number of rotatable bonds is 6. The lowest BCUT2D eigenvalue weighted by Gasteiger charge is -2.06. The zero-order chi connectivity index (χ0) is 18.5. The van der Waals surface area contributed by atoms with Crippen molar-refractivity contribution in [3.05, 3.63) is 76.3 Å². The molecule has 0 spiro atoms. The topological polar surface area (TPSA) is 56.3 Å². The fourth-order valence-corrected chi connectivity index (χ4v) is 4.01. The number of carbonyl (C=O) groups is 2. The van der Waals surface area contributed by atoms with Crippen LogP contribution in [0.3, 0.4) is 0 Å². The molecule has 0 fully saturated rings. The Morgan fingerprint density at radius 3 is 2.27 bits per heavy atom. The Bertz CT molecular complexity index is 915. The third-order valence-electron chi connectivity index (χ3n) is 3.62. The van der Waals surface area contributed by atoms with Crippen LogP contribution < -0.4 is 4.74 Å². The van der Waals surface area contributed by atoms with Gasteiger partial charge in [0.15, 0.2) is 5.78 Å². The van der Waals surface area contributed by atoms with Crippen molar-refractivity contribution < 1.29 is 14.3 Å². The van der Waals surface area contributed by atoms with Gasteiger partial charge in [-0.05, 0) is 55.8 Å². The highest BCUT2D eigenvalue weighted by Gasteiger charge is 2.09. The average molecular weight is 383 g/mol. The number of aromatic nitrogens is 1. The molecule has 0 N–H and O–H groups in total. The lowest BCUT2D eigenvalue weighted by Crippen LogP contribution is -2.08. The molecule has 0 saturated heterocycles. The summed E-state index contributed by atoms with van der Waals surface area (Å²) in [4.78, 5) is 27.9. The molecule has 3 aromatic rings. The maximum absolute atomic E-state index is 12.2. The van der Waals surface area contributed by atoms with Gasteiger partial charge in [0.2, 0.25) is 0 Å². The van der Waals surface area contributed by atoms with E-state index in [-0.39, 0.29) is 5.78 Å². The van der Waals surface area contributed by atoms with E-state index in [2.05, 4.69) is 4.98 Å². The predicted molar refractivity (Wildman–Crippen MR) is 104 cm³/mol. The maximum Gasteiger partial charge on any atom is 0.343 e. The summed E-state index contributed by atoms with van der Waals surface area (Å²) < 4.78 is 6.38. The van der Waals surface area contributed by atoms with E-state index in [1.807, 2.05) is 24.4 Å². The number of hydrogen-bond acceptors (Lipinski definition) is 6. The van der Waals surface area contributed by atoms with Crippen LogP contribution in [0.25, 0.3) is 0 Å². The number of nitrogens with zero attached hydrogens (tertiary/aromatic N) is 1. The standard InChI is InChI=1S/C20H17NO3S2/c1-13-11-25-20(21-13)26-12-15-3-5-17(6-4-15)19(23)24-18-9-7-16(8-10-18)14(2)22/h3-11H,12H2,1-2H3. The molecule has 0 aliphatic rings. The molecule has 0 unspecified atom stereocenters. The quantitative estimate of drug-likeness (QED) is 0.254. The van der Waals surface area contributed by atoms with Crippen LogP contribution in [-0.4, -0.2) is 16.7 Å². The molecule has 0 radical (unpaired) electrons. The Morgan fingerprint density at radius 1 is 1.04 bits per heavy atom. The van der Waals surface area contributed by atoms with Crippen molar-refractivity contribution in [3.63, 3.8) is 0 Å². The zero-order valence-electron chi connectivity index (χ0n) is 14.4. The number of esters is 1. The van der Waals surface area contributed by atoms with Crippen molar-refractivity contribution in [2.24, 2.45) is 0 Å². The van der Waals surface area contributed by atoms with Gasteiger partial charge in [-0.2, -0.15) is 0 Å². The Morgan fingerprint density at radius 2 is 1.69 bits per heavy atom. The van der Waals surface area contributed by atoms with Crippen molar-refractivity contribution in [2.75, 3.05) is 0 Å². The minimum Gasteiger partial charge on any atom is -0.423 e. The van der Waals surface area contributed by atoms with E-state index < -0.39 is 5.97 Å². The van der Waals surface area contributed by atoms with Crippen molar-refractivity contribution in [2.45, 2.75) is 23.9 Å². The Kier molecular flexibility index (Phi) is 5.85. The predicted octanol–water partition coefficient (Wildman–Crippen LogP) is 5.17. The largest absolute Gasteiger partial charge is 0.423 e. The summed E-state index contributed by atoms with van der Waals surface area (Å²) >= 11 is 3.32. The number of aryl methyl sites for hydroxylation is 1. The van der Waals surface area contributed by atoms with Crippen LogP contribution in [-0.2, 0) is 5.75 Å². The molecule has 1 aromatic heterocycles. The van der Waals surface area contributed by atoms with E-state index in [1.165, 1.54) is 6.92 Å². The molecule has 0 aliphatic carbocycles. The summed E-state index contributed by atoms with van der Waals surface area (Å²) in [5.41, 5.74) is 3.22. The molecule has 132 valence electrons. The van der Waals surface area contributed by atoms with Crippen molar-refractivity contribution in [1.29, 1.82) is 0 Å². The summed E-state index contributed by atoms with van der Waals surface area (Å²) in [5.74, 6) is 0.771. The molecule has 4 nitrogen and oxygen atoms in total. The van der Waals surface area contributed by atoms with Gasteiger partial charge in [-0.3, -0.25) is 4.79 Å². The number of Topliss-reactive ketones (excluding diaryl/α,β-unsaturated/α-hetero) is 1. The molecular formula is C20H17NO3S2. The highest BCUT2D eigenvalue weighted by atomic mass is 32.2. The first-order chi connectivity index (χ1) is 12.5. The number of ketones is 1. The van der Waals surface area contributed by atoms with Crippen LogP contribution in [0.4, 0.5) is 0 Å². The number of ether oxygens (including phenoxy) is 1. The lowest BCUT2D eigenvalue weighted by molar-refractivity contribution is 0.0734. The van der Waals surface area contributed by atoms with Gasteiger partial charge in [-0.25, -0.2) is 9.78 Å². The summed E-state index contributed by atoms with van der Waals surface area (Å²) in [5, 5.41) is 2.03. The van der Waals surface area contributed by atoms with Crippen LogP contribution in [0.15, 0.2) is 58.3 Å². The first-order valence-electron chi connectivity index (χ1n) is 7.98. The van der Waals surface area contributed by atoms with E-state index in [1.54, 1.807) is 59.5 Å². The molecule has 3 rings (SSSR count). The Balaban J connectivity index is 1.58. The molecule has 0 aliphatic heterocycles. The first kappa shape index (κ1) is 18.4. The summed E-state index contributed by atoms with van der Waals surface area (Å²) in [6.45, 7) is 3.48. The van der Waals surface area contributed by atoms with E-state index in [0.29, 0.717) is 16.9 Å². The van der Waals surface area contributed by atoms with Crippen molar-refractivity contribution in [3.8, 4) is 5.75 Å². The molecule has 0 amide bonds. The van der Waals surface area contributed by atoms with Crippen LogP contribution in [0, 0.1) is 6.92 Å². The van der Waals surface area contributed by atoms with Gasteiger partial charge >= 0.3 is 5.97 Å². The normalized spacial score (nSPS) is 10.5. The van der Waals surface area contributed by atoms with Crippen molar-refractivity contribution in [1.82, 2.24) is 4.98 Å². The van der Waals surface area contributed by atoms with Crippen LogP contribution in [0.2, 0.25) is 0 Å². The zero-order valence-corrected chi connectivity index (χ0v) is 16.0.